The summed E-state index contributed by atoms with van der Waals surface area (Å²) < 4.78 is 5.82. The zero-order chi connectivity index (χ0) is 20.8. The molecule has 0 bridgehead atoms. The minimum absolute atomic E-state index is 0.222. The summed E-state index contributed by atoms with van der Waals surface area (Å²) in [5.41, 5.74) is 3.38. The Hall–Kier alpha value is -3.31. The molecule has 3 aromatic rings. The lowest BCUT2D eigenvalue weighted by atomic mass is 10.1. The second-order valence-electron chi connectivity index (χ2n) is 6.58. The van der Waals surface area contributed by atoms with Gasteiger partial charge in [0.25, 0.3) is 5.91 Å². The molecule has 0 saturated carbocycles. The van der Waals surface area contributed by atoms with Gasteiger partial charge in [0.15, 0.2) is 0 Å². The molecule has 0 aliphatic carbocycles. The number of nitrogens with one attached hydrogen (secondary N) is 2. The van der Waals surface area contributed by atoms with Crippen molar-refractivity contribution in [2.75, 3.05) is 10.6 Å². The Morgan fingerprint density at radius 1 is 0.966 bits per heavy atom. The summed E-state index contributed by atoms with van der Waals surface area (Å²) in [6.07, 6.45) is 0. The fraction of sp³-hybridized carbons (Fsp3) is 0.130. The lowest BCUT2D eigenvalue weighted by Gasteiger charge is -2.13. The number of anilines is 2. The van der Waals surface area contributed by atoms with E-state index in [4.69, 9.17) is 16.3 Å². The fourth-order valence-corrected chi connectivity index (χ4v) is 2.98. The molecule has 0 unspecified atom stereocenters. The maximum atomic E-state index is 12.7. The SMILES string of the molecule is CC(=O)Nc1ccc(Cl)c(C(=O)Nc2ccc(OCc3ccccc3)cc2C)c1. The van der Waals surface area contributed by atoms with Gasteiger partial charge in [-0.15, -0.1) is 0 Å². The molecule has 0 spiro atoms. The van der Waals surface area contributed by atoms with Crippen LogP contribution in [-0.2, 0) is 11.4 Å². The highest BCUT2D eigenvalue weighted by Gasteiger charge is 2.13. The van der Waals surface area contributed by atoms with Crippen LogP contribution in [0.5, 0.6) is 5.75 Å². The molecular formula is C23H21ClN2O3. The summed E-state index contributed by atoms with van der Waals surface area (Å²) in [4.78, 5) is 23.9. The Kier molecular flexibility index (Phi) is 6.52. The van der Waals surface area contributed by atoms with Crippen LogP contribution in [0, 0.1) is 6.92 Å². The normalized spacial score (nSPS) is 10.3. The van der Waals surface area contributed by atoms with Crippen LogP contribution in [0.25, 0.3) is 0 Å². The number of benzene rings is 3. The average Bonchev–Trinajstić information content (AvgIpc) is 2.70. The van der Waals surface area contributed by atoms with Gasteiger partial charge in [0.2, 0.25) is 5.91 Å². The number of hydrogen-bond donors (Lipinski definition) is 2. The second kappa shape index (κ2) is 9.26. The molecule has 5 nitrogen and oxygen atoms in total. The number of carbonyl (C=O) groups excluding carboxylic acids is 2. The topological polar surface area (TPSA) is 67.4 Å². The molecule has 29 heavy (non-hydrogen) atoms. The Balaban J connectivity index is 1.70. The predicted octanol–water partition coefficient (Wildman–Crippen LogP) is 5.44. The van der Waals surface area contributed by atoms with Crippen molar-refractivity contribution in [1.82, 2.24) is 0 Å². The zero-order valence-corrected chi connectivity index (χ0v) is 16.9. The van der Waals surface area contributed by atoms with Gasteiger partial charge in [-0.05, 0) is 54.4 Å². The van der Waals surface area contributed by atoms with Crippen LogP contribution in [0.15, 0.2) is 66.7 Å². The van der Waals surface area contributed by atoms with Crippen molar-refractivity contribution in [2.24, 2.45) is 0 Å². The third-order valence-electron chi connectivity index (χ3n) is 4.23. The van der Waals surface area contributed by atoms with Crippen molar-refractivity contribution in [3.63, 3.8) is 0 Å². The Morgan fingerprint density at radius 3 is 2.41 bits per heavy atom. The molecule has 3 rings (SSSR count). The van der Waals surface area contributed by atoms with E-state index in [1.54, 1.807) is 30.3 Å². The van der Waals surface area contributed by atoms with Crippen LogP contribution in [0.2, 0.25) is 5.02 Å². The number of carbonyl (C=O) groups is 2. The maximum Gasteiger partial charge on any atom is 0.257 e. The Labute approximate surface area is 174 Å². The first-order valence-corrected chi connectivity index (χ1v) is 9.46. The van der Waals surface area contributed by atoms with Gasteiger partial charge in [-0.2, -0.15) is 0 Å². The van der Waals surface area contributed by atoms with Crippen LogP contribution in [-0.4, -0.2) is 11.8 Å². The molecule has 0 radical (unpaired) electrons. The number of rotatable bonds is 6. The average molecular weight is 409 g/mol. The number of hydrogen-bond acceptors (Lipinski definition) is 3. The van der Waals surface area contributed by atoms with Crippen LogP contribution < -0.4 is 15.4 Å². The van der Waals surface area contributed by atoms with Gasteiger partial charge in [-0.25, -0.2) is 0 Å². The van der Waals surface area contributed by atoms with E-state index in [9.17, 15) is 9.59 Å². The molecule has 0 atom stereocenters. The fourth-order valence-electron chi connectivity index (χ4n) is 2.78. The molecule has 2 amide bonds. The van der Waals surface area contributed by atoms with Gasteiger partial charge in [0.1, 0.15) is 12.4 Å². The van der Waals surface area contributed by atoms with Crippen LogP contribution >= 0.6 is 11.6 Å². The van der Waals surface area contributed by atoms with Crippen molar-refractivity contribution in [3.05, 3.63) is 88.4 Å². The highest BCUT2D eigenvalue weighted by atomic mass is 35.5. The van der Waals surface area contributed by atoms with E-state index in [2.05, 4.69) is 10.6 Å². The molecule has 3 aromatic carbocycles. The predicted molar refractivity (Wildman–Crippen MR) is 116 cm³/mol. The first kappa shape index (κ1) is 20.4. The van der Waals surface area contributed by atoms with Gasteiger partial charge in [-0.1, -0.05) is 41.9 Å². The van der Waals surface area contributed by atoms with Crippen molar-refractivity contribution in [2.45, 2.75) is 20.5 Å². The lowest BCUT2D eigenvalue weighted by Crippen LogP contribution is -2.14. The van der Waals surface area contributed by atoms with Gasteiger partial charge in [-0.3, -0.25) is 9.59 Å². The van der Waals surface area contributed by atoms with Crippen molar-refractivity contribution < 1.29 is 14.3 Å². The van der Waals surface area contributed by atoms with E-state index in [0.29, 0.717) is 23.0 Å². The number of amides is 2. The highest BCUT2D eigenvalue weighted by molar-refractivity contribution is 6.34. The van der Waals surface area contributed by atoms with E-state index < -0.39 is 0 Å². The van der Waals surface area contributed by atoms with Gasteiger partial charge in [0.05, 0.1) is 10.6 Å². The molecular weight excluding hydrogens is 388 g/mol. The first-order valence-electron chi connectivity index (χ1n) is 9.08. The largest absolute Gasteiger partial charge is 0.489 e. The molecule has 2 N–H and O–H groups in total. The van der Waals surface area contributed by atoms with E-state index in [1.165, 1.54) is 6.92 Å². The number of ether oxygens (including phenoxy) is 1. The molecule has 0 fully saturated rings. The maximum absolute atomic E-state index is 12.7. The monoisotopic (exact) mass is 408 g/mol. The van der Waals surface area contributed by atoms with E-state index >= 15 is 0 Å². The summed E-state index contributed by atoms with van der Waals surface area (Å²) in [7, 11) is 0. The van der Waals surface area contributed by atoms with Crippen LogP contribution in [0.3, 0.4) is 0 Å². The Bertz CT molecular complexity index is 1040. The molecule has 0 heterocycles. The van der Waals surface area contributed by atoms with E-state index in [1.807, 2.05) is 43.3 Å². The molecule has 0 aliphatic heterocycles. The Morgan fingerprint density at radius 2 is 1.72 bits per heavy atom. The standard InChI is InChI=1S/C23H21ClN2O3/c1-15-12-19(29-14-17-6-4-3-5-7-17)9-11-22(15)26-23(28)20-13-18(25-16(2)27)8-10-21(20)24/h3-13H,14H2,1-2H3,(H,25,27)(H,26,28). The minimum Gasteiger partial charge on any atom is -0.489 e. The third kappa shape index (κ3) is 5.59. The van der Waals surface area contributed by atoms with Crippen LogP contribution in [0.4, 0.5) is 11.4 Å². The molecule has 0 aromatic heterocycles. The summed E-state index contributed by atoms with van der Waals surface area (Å²) in [5.74, 6) is 0.138. The first-order chi connectivity index (χ1) is 13.9. The summed E-state index contributed by atoms with van der Waals surface area (Å²) in [5, 5.41) is 5.80. The summed E-state index contributed by atoms with van der Waals surface area (Å²) in [6, 6.07) is 20.1. The van der Waals surface area contributed by atoms with Gasteiger partial charge in [0, 0.05) is 18.3 Å². The third-order valence-corrected chi connectivity index (χ3v) is 4.56. The van der Waals surface area contributed by atoms with E-state index in [0.717, 1.165) is 16.9 Å². The number of halogens is 1. The number of aryl methyl sites for hydroxylation is 1. The minimum atomic E-state index is -0.358. The molecule has 0 saturated heterocycles. The van der Waals surface area contributed by atoms with Crippen molar-refractivity contribution in [1.29, 1.82) is 0 Å². The van der Waals surface area contributed by atoms with Gasteiger partial charge >= 0.3 is 0 Å². The van der Waals surface area contributed by atoms with E-state index in [-0.39, 0.29) is 17.4 Å². The lowest BCUT2D eigenvalue weighted by molar-refractivity contribution is -0.114. The zero-order valence-electron chi connectivity index (χ0n) is 16.2. The summed E-state index contributed by atoms with van der Waals surface area (Å²) >= 11 is 6.16. The molecule has 0 aliphatic rings. The van der Waals surface area contributed by atoms with Crippen molar-refractivity contribution >= 4 is 34.8 Å². The van der Waals surface area contributed by atoms with Crippen LogP contribution in [0.1, 0.15) is 28.4 Å². The second-order valence-corrected chi connectivity index (χ2v) is 6.99. The van der Waals surface area contributed by atoms with Crippen molar-refractivity contribution in [3.8, 4) is 5.75 Å². The smallest absolute Gasteiger partial charge is 0.257 e. The molecule has 6 heteroatoms. The van der Waals surface area contributed by atoms with Gasteiger partial charge < -0.3 is 15.4 Å². The highest BCUT2D eigenvalue weighted by Crippen LogP contribution is 2.25. The quantitative estimate of drug-likeness (QED) is 0.570. The summed E-state index contributed by atoms with van der Waals surface area (Å²) in [6.45, 7) is 3.76. The molecule has 148 valence electrons.